The first-order valence-electron chi connectivity index (χ1n) is 7.13. The number of hydrazone groups is 1. The Balaban J connectivity index is 0.000000260. The number of benzene rings is 2. The molecule has 1 heterocycles. The molecule has 0 atom stereocenters. The smallest absolute Gasteiger partial charge is 0.262 e. The van der Waals surface area contributed by atoms with E-state index < -0.39 is 19.1 Å². The molecule has 0 fully saturated rings. The van der Waals surface area contributed by atoms with Crippen molar-refractivity contribution in [1.82, 2.24) is 10.3 Å². The first-order valence-corrected chi connectivity index (χ1v) is 10.9. The second-order valence-electron chi connectivity index (χ2n) is 4.75. The summed E-state index contributed by atoms with van der Waals surface area (Å²) in [6, 6.07) is 14.0. The van der Waals surface area contributed by atoms with E-state index in [4.69, 9.17) is 21.8 Å². The molecular formula is C14H16ClN7O4S2. The van der Waals surface area contributed by atoms with Crippen molar-refractivity contribution in [3.63, 3.8) is 0 Å². The molecule has 3 rings (SSSR count). The van der Waals surface area contributed by atoms with E-state index in [2.05, 4.69) is 27.0 Å². The van der Waals surface area contributed by atoms with Crippen molar-refractivity contribution in [3.8, 4) is 6.07 Å². The lowest BCUT2D eigenvalue weighted by Crippen LogP contribution is -2.47. The van der Waals surface area contributed by atoms with Crippen molar-refractivity contribution in [1.29, 1.82) is 5.26 Å². The number of rotatable bonds is 1. The van der Waals surface area contributed by atoms with E-state index in [1.165, 1.54) is 24.3 Å². The monoisotopic (exact) mass is 445 g/mol. The van der Waals surface area contributed by atoms with Gasteiger partial charge >= 0.3 is 0 Å². The van der Waals surface area contributed by atoms with Crippen LogP contribution >= 0.6 is 10.7 Å². The maximum atomic E-state index is 11.5. The van der Waals surface area contributed by atoms with Gasteiger partial charge in [-0.25, -0.2) is 16.8 Å². The van der Waals surface area contributed by atoms with Crippen molar-refractivity contribution >= 4 is 35.6 Å². The Morgan fingerprint density at radius 1 is 1.07 bits per heavy atom. The van der Waals surface area contributed by atoms with Crippen LogP contribution in [0.1, 0.15) is 11.1 Å². The number of hydrazine groups is 2. The van der Waals surface area contributed by atoms with Crippen molar-refractivity contribution in [2.75, 3.05) is 0 Å². The minimum atomic E-state index is -3.80. The van der Waals surface area contributed by atoms with Gasteiger partial charge in [0, 0.05) is 16.2 Å². The van der Waals surface area contributed by atoms with Gasteiger partial charge in [-0.1, -0.05) is 24.3 Å². The molecular weight excluding hydrogens is 430 g/mol. The maximum Gasteiger partial charge on any atom is 0.262 e. The molecule has 0 radical (unpaired) electrons. The largest absolute Gasteiger partial charge is 0.321 e. The Labute approximate surface area is 166 Å². The number of hydrogen-bond acceptors (Lipinski definition) is 9. The normalized spacial score (nSPS) is 15.4. The van der Waals surface area contributed by atoms with Gasteiger partial charge < -0.3 is 5.84 Å². The van der Waals surface area contributed by atoms with Gasteiger partial charge in [0.05, 0.1) is 10.5 Å². The van der Waals surface area contributed by atoms with Crippen LogP contribution in [0.2, 0.25) is 0 Å². The second-order valence-corrected chi connectivity index (χ2v) is 8.94. The standard InChI is InChI=1S/C7H4ClNO2S.C7H8N4O2S.H4N2/c8-12(10,11)7-4-2-1-3-6(7)5-9;8-9-7-5-3-1-2-4-6(5)14(12,13)11-10-7;1-2/h1-4H;1-4,11H,8H2,(H,9,10);1-2H2. The summed E-state index contributed by atoms with van der Waals surface area (Å²) in [4.78, 5) is 2.15. The lowest BCUT2D eigenvalue weighted by molar-refractivity contribution is 0.573. The average Bonchev–Trinajstić information content (AvgIpc) is 2.70. The van der Waals surface area contributed by atoms with Crippen LogP contribution in [0.25, 0.3) is 0 Å². The zero-order valence-electron chi connectivity index (χ0n) is 14.1. The number of sulfonamides is 1. The Morgan fingerprint density at radius 3 is 2.18 bits per heavy atom. The molecule has 0 saturated carbocycles. The molecule has 0 aromatic heterocycles. The molecule has 28 heavy (non-hydrogen) atoms. The molecule has 1 aliphatic heterocycles. The molecule has 8 N–H and O–H groups in total. The van der Waals surface area contributed by atoms with E-state index in [9.17, 15) is 16.8 Å². The summed E-state index contributed by atoms with van der Waals surface area (Å²) in [5, 5.41) is 11.9. The van der Waals surface area contributed by atoms with Crippen molar-refractivity contribution < 1.29 is 16.8 Å². The Hall–Kier alpha value is -2.73. The number of nitriles is 1. The quantitative estimate of drug-likeness (QED) is 0.215. The summed E-state index contributed by atoms with van der Waals surface area (Å²) in [5.41, 5.74) is 2.93. The van der Waals surface area contributed by atoms with Crippen LogP contribution in [-0.4, -0.2) is 22.7 Å². The molecule has 0 unspecified atom stereocenters. The Kier molecular flexibility index (Phi) is 8.32. The molecule has 14 heteroatoms. The summed E-state index contributed by atoms with van der Waals surface area (Å²) in [6.45, 7) is 0. The molecule has 2 aromatic carbocycles. The molecule has 1 aliphatic rings. The van der Waals surface area contributed by atoms with Gasteiger partial charge in [-0.2, -0.15) is 10.4 Å². The third kappa shape index (κ3) is 5.63. The predicted molar refractivity (Wildman–Crippen MR) is 103 cm³/mol. The number of halogens is 1. The number of nitrogens with zero attached hydrogens (tertiary/aromatic N) is 2. The van der Waals surface area contributed by atoms with Gasteiger partial charge in [0.1, 0.15) is 11.0 Å². The topological polar surface area (TPSA) is 207 Å². The molecule has 2 aromatic rings. The third-order valence-corrected chi connectivity index (χ3v) is 5.82. The Morgan fingerprint density at radius 2 is 1.64 bits per heavy atom. The Bertz CT molecular complexity index is 1110. The summed E-state index contributed by atoms with van der Waals surface area (Å²) in [6.07, 6.45) is 0. The van der Waals surface area contributed by atoms with Gasteiger partial charge in [-0.3, -0.25) is 17.1 Å². The zero-order chi connectivity index (χ0) is 21.4. The molecule has 150 valence electrons. The first-order chi connectivity index (χ1) is 13.2. The highest BCUT2D eigenvalue weighted by Crippen LogP contribution is 2.18. The van der Waals surface area contributed by atoms with Gasteiger partial charge in [-0.15, -0.1) is 4.83 Å². The summed E-state index contributed by atoms with van der Waals surface area (Å²) < 4.78 is 44.6. The highest BCUT2D eigenvalue weighted by atomic mass is 35.7. The highest BCUT2D eigenvalue weighted by Gasteiger charge is 2.26. The number of fused-ring (bicyclic) bond motifs is 1. The fourth-order valence-electron chi connectivity index (χ4n) is 2.01. The van der Waals surface area contributed by atoms with E-state index in [0.717, 1.165) is 0 Å². The fourth-order valence-corrected chi connectivity index (χ4v) is 4.08. The van der Waals surface area contributed by atoms with Gasteiger partial charge in [0.25, 0.3) is 19.1 Å². The summed E-state index contributed by atoms with van der Waals surface area (Å²) in [5.74, 6) is 13.4. The van der Waals surface area contributed by atoms with E-state index in [1.54, 1.807) is 30.3 Å². The lowest BCUT2D eigenvalue weighted by Gasteiger charge is -2.19. The van der Waals surface area contributed by atoms with Crippen LogP contribution in [0, 0.1) is 11.3 Å². The van der Waals surface area contributed by atoms with E-state index >= 15 is 0 Å². The lowest BCUT2D eigenvalue weighted by atomic mass is 10.2. The molecule has 0 saturated heterocycles. The van der Waals surface area contributed by atoms with Crippen LogP contribution in [-0.2, 0) is 19.1 Å². The van der Waals surface area contributed by atoms with Crippen LogP contribution in [0.3, 0.4) is 0 Å². The number of hydrogen-bond donors (Lipinski definition) is 5. The summed E-state index contributed by atoms with van der Waals surface area (Å²) in [7, 11) is -2.21. The minimum Gasteiger partial charge on any atom is -0.321 e. The minimum absolute atomic E-state index is 0.0625. The van der Waals surface area contributed by atoms with Crippen molar-refractivity contribution in [2.45, 2.75) is 9.79 Å². The first kappa shape index (κ1) is 23.3. The maximum absolute atomic E-state index is 11.5. The van der Waals surface area contributed by atoms with E-state index in [0.29, 0.717) is 11.4 Å². The molecule has 0 aliphatic carbocycles. The van der Waals surface area contributed by atoms with Crippen LogP contribution in [0.5, 0.6) is 0 Å². The average molecular weight is 446 g/mol. The number of nitrogens with two attached hydrogens (primary N) is 3. The zero-order valence-corrected chi connectivity index (χ0v) is 16.5. The molecule has 0 bridgehead atoms. The predicted octanol–water partition coefficient (Wildman–Crippen LogP) is -0.592. The molecule has 0 spiro atoms. The van der Waals surface area contributed by atoms with Gasteiger partial charge in [0.15, 0.2) is 5.84 Å². The van der Waals surface area contributed by atoms with Crippen LogP contribution < -0.4 is 27.8 Å². The molecule has 11 nitrogen and oxygen atoms in total. The second kappa shape index (κ2) is 9.99. The summed E-state index contributed by atoms with van der Waals surface area (Å²) >= 11 is 0. The molecule has 0 amide bonds. The van der Waals surface area contributed by atoms with Gasteiger partial charge in [0.2, 0.25) is 0 Å². The number of amidine groups is 1. The van der Waals surface area contributed by atoms with Crippen LogP contribution in [0.15, 0.2) is 63.4 Å². The van der Waals surface area contributed by atoms with E-state index in [1.807, 2.05) is 0 Å². The fraction of sp³-hybridized carbons (Fsp3) is 0. The van der Waals surface area contributed by atoms with Crippen LogP contribution in [0.4, 0.5) is 0 Å². The van der Waals surface area contributed by atoms with Crippen molar-refractivity contribution in [2.24, 2.45) is 22.6 Å². The SMILES string of the molecule is N#Cc1ccccc1S(=O)(=O)Cl.NN.NN=C1NNS(=O)(=O)c2ccccc21. The third-order valence-electron chi connectivity index (χ3n) is 3.13. The van der Waals surface area contributed by atoms with E-state index in [-0.39, 0.29) is 15.4 Å². The highest BCUT2D eigenvalue weighted by molar-refractivity contribution is 8.13. The van der Waals surface area contributed by atoms with Gasteiger partial charge in [-0.05, 0) is 24.3 Å². The van der Waals surface area contributed by atoms with Crippen molar-refractivity contribution in [3.05, 3.63) is 59.7 Å². The number of nitrogens with one attached hydrogen (secondary N) is 2.